The summed E-state index contributed by atoms with van der Waals surface area (Å²) in [6, 6.07) is 8.22. The summed E-state index contributed by atoms with van der Waals surface area (Å²) < 4.78 is 0. The van der Waals surface area contributed by atoms with E-state index in [4.69, 9.17) is 5.73 Å². The van der Waals surface area contributed by atoms with E-state index in [1.807, 2.05) is 12.1 Å². The van der Waals surface area contributed by atoms with Crippen molar-refractivity contribution >= 4 is 5.69 Å². The number of benzene rings is 1. The van der Waals surface area contributed by atoms with E-state index < -0.39 is 0 Å². The molecule has 1 unspecified atom stereocenters. The van der Waals surface area contributed by atoms with Crippen molar-refractivity contribution in [3.63, 3.8) is 0 Å². The molecule has 1 fully saturated rings. The molecule has 1 aromatic carbocycles. The SMILES string of the molecule is CN1CCC(CCc2ccccc2N)C1. The first-order valence-electron chi connectivity index (χ1n) is 5.77. The van der Waals surface area contributed by atoms with E-state index in [1.165, 1.54) is 31.5 Å². The molecule has 1 saturated heterocycles. The van der Waals surface area contributed by atoms with Gasteiger partial charge in [-0.3, -0.25) is 0 Å². The Morgan fingerprint density at radius 1 is 1.40 bits per heavy atom. The summed E-state index contributed by atoms with van der Waals surface area (Å²) in [6.07, 6.45) is 3.76. The second-order valence-electron chi connectivity index (χ2n) is 4.65. The van der Waals surface area contributed by atoms with Crippen LogP contribution < -0.4 is 5.73 Å². The van der Waals surface area contributed by atoms with Gasteiger partial charge in [0.1, 0.15) is 0 Å². The highest BCUT2D eigenvalue weighted by molar-refractivity contribution is 5.46. The van der Waals surface area contributed by atoms with Crippen LogP contribution in [0, 0.1) is 5.92 Å². The van der Waals surface area contributed by atoms with Gasteiger partial charge >= 0.3 is 0 Å². The van der Waals surface area contributed by atoms with Crippen LogP contribution in [-0.4, -0.2) is 25.0 Å². The maximum absolute atomic E-state index is 5.92. The van der Waals surface area contributed by atoms with Crippen molar-refractivity contribution in [1.29, 1.82) is 0 Å². The molecule has 1 heterocycles. The largest absolute Gasteiger partial charge is 0.399 e. The van der Waals surface area contributed by atoms with Crippen molar-refractivity contribution in [2.75, 3.05) is 25.9 Å². The molecule has 2 N–H and O–H groups in total. The predicted molar refractivity (Wildman–Crippen MR) is 64.8 cm³/mol. The zero-order valence-corrected chi connectivity index (χ0v) is 9.45. The quantitative estimate of drug-likeness (QED) is 0.764. The summed E-state index contributed by atoms with van der Waals surface area (Å²) in [5, 5.41) is 0. The van der Waals surface area contributed by atoms with Gasteiger partial charge in [0.15, 0.2) is 0 Å². The van der Waals surface area contributed by atoms with Crippen LogP contribution in [0.5, 0.6) is 0 Å². The van der Waals surface area contributed by atoms with Crippen LogP contribution in [0.2, 0.25) is 0 Å². The lowest BCUT2D eigenvalue weighted by molar-refractivity contribution is 0.388. The molecule has 82 valence electrons. The molecule has 1 aliphatic rings. The van der Waals surface area contributed by atoms with Gasteiger partial charge in [0, 0.05) is 12.2 Å². The fourth-order valence-electron chi connectivity index (χ4n) is 2.38. The van der Waals surface area contributed by atoms with E-state index in [-0.39, 0.29) is 0 Å². The minimum Gasteiger partial charge on any atom is -0.399 e. The standard InChI is InChI=1S/C13H20N2/c1-15-9-8-11(10-15)6-7-12-4-2-3-5-13(12)14/h2-5,11H,6-10,14H2,1H3. The molecule has 2 rings (SSSR count). The molecule has 1 aromatic rings. The third kappa shape index (κ3) is 2.72. The first-order valence-corrected chi connectivity index (χ1v) is 5.77. The number of anilines is 1. The van der Waals surface area contributed by atoms with E-state index in [2.05, 4.69) is 24.1 Å². The maximum Gasteiger partial charge on any atom is 0.0346 e. The number of rotatable bonds is 3. The summed E-state index contributed by atoms with van der Waals surface area (Å²) in [7, 11) is 2.21. The Morgan fingerprint density at radius 3 is 2.87 bits per heavy atom. The highest BCUT2D eigenvalue weighted by atomic mass is 15.1. The molecule has 0 bridgehead atoms. The second kappa shape index (κ2) is 4.67. The third-order valence-electron chi connectivity index (χ3n) is 3.37. The fourth-order valence-corrected chi connectivity index (χ4v) is 2.38. The number of hydrogen-bond acceptors (Lipinski definition) is 2. The van der Waals surface area contributed by atoms with Crippen molar-refractivity contribution in [3.05, 3.63) is 29.8 Å². The number of nitrogen functional groups attached to an aromatic ring is 1. The lowest BCUT2D eigenvalue weighted by atomic mass is 9.98. The van der Waals surface area contributed by atoms with Crippen LogP contribution in [0.15, 0.2) is 24.3 Å². The zero-order chi connectivity index (χ0) is 10.7. The van der Waals surface area contributed by atoms with Crippen LogP contribution in [0.3, 0.4) is 0 Å². The van der Waals surface area contributed by atoms with Gasteiger partial charge in [-0.25, -0.2) is 0 Å². The molecule has 0 radical (unpaired) electrons. The van der Waals surface area contributed by atoms with Crippen LogP contribution >= 0.6 is 0 Å². The summed E-state index contributed by atoms with van der Waals surface area (Å²) in [6.45, 7) is 2.52. The molecule has 0 aromatic heterocycles. The Kier molecular flexibility index (Phi) is 3.27. The Balaban J connectivity index is 1.86. The van der Waals surface area contributed by atoms with Gasteiger partial charge in [-0.05, 0) is 50.4 Å². The highest BCUT2D eigenvalue weighted by Crippen LogP contribution is 2.22. The number of likely N-dealkylation sites (tertiary alicyclic amines) is 1. The molecular weight excluding hydrogens is 184 g/mol. The number of aryl methyl sites for hydroxylation is 1. The molecular formula is C13H20N2. The lowest BCUT2D eigenvalue weighted by Gasteiger charge is -2.11. The summed E-state index contributed by atoms with van der Waals surface area (Å²) in [5.41, 5.74) is 8.18. The minimum absolute atomic E-state index is 0.870. The number of hydrogen-bond donors (Lipinski definition) is 1. The van der Waals surface area contributed by atoms with E-state index in [9.17, 15) is 0 Å². The molecule has 0 saturated carbocycles. The van der Waals surface area contributed by atoms with Gasteiger partial charge in [-0.1, -0.05) is 18.2 Å². The van der Waals surface area contributed by atoms with Gasteiger partial charge in [0.2, 0.25) is 0 Å². The average molecular weight is 204 g/mol. The monoisotopic (exact) mass is 204 g/mol. The number of para-hydroxylation sites is 1. The Bertz CT molecular complexity index is 322. The van der Waals surface area contributed by atoms with E-state index in [0.29, 0.717) is 0 Å². The van der Waals surface area contributed by atoms with Crippen LogP contribution in [0.25, 0.3) is 0 Å². The molecule has 1 atom stereocenters. The van der Waals surface area contributed by atoms with E-state index >= 15 is 0 Å². The van der Waals surface area contributed by atoms with Crippen molar-refractivity contribution in [2.45, 2.75) is 19.3 Å². The molecule has 1 aliphatic heterocycles. The first kappa shape index (κ1) is 10.5. The smallest absolute Gasteiger partial charge is 0.0346 e. The molecule has 2 heteroatoms. The van der Waals surface area contributed by atoms with Gasteiger partial charge in [0.05, 0.1) is 0 Å². The van der Waals surface area contributed by atoms with Crippen molar-refractivity contribution < 1.29 is 0 Å². The third-order valence-corrected chi connectivity index (χ3v) is 3.37. The van der Waals surface area contributed by atoms with Gasteiger partial charge in [-0.2, -0.15) is 0 Å². The Labute approximate surface area is 92.1 Å². The van der Waals surface area contributed by atoms with Crippen molar-refractivity contribution in [2.24, 2.45) is 5.92 Å². The van der Waals surface area contributed by atoms with Crippen LogP contribution in [-0.2, 0) is 6.42 Å². The lowest BCUT2D eigenvalue weighted by Crippen LogP contribution is -2.14. The Morgan fingerprint density at radius 2 is 2.20 bits per heavy atom. The van der Waals surface area contributed by atoms with Gasteiger partial charge in [0.25, 0.3) is 0 Å². The van der Waals surface area contributed by atoms with E-state index in [0.717, 1.165) is 18.0 Å². The normalized spacial score (nSPS) is 22.1. The summed E-state index contributed by atoms with van der Waals surface area (Å²) >= 11 is 0. The molecule has 2 nitrogen and oxygen atoms in total. The molecule has 15 heavy (non-hydrogen) atoms. The summed E-state index contributed by atoms with van der Waals surface area (Å²) in [4.78, 5) is 2.42. The van der Waals surface area contributed by atoms with Crippen molar-refractivity contribution in [3.8, 4) is 0 Å². The van der Waals surface area contributed by atoms with Gasteiger partial charge < -0.3 is 10.6 Å². The van der Waals surface area contributed by atoms with Crippen molar-refractivity contribution in [1.82, 2.24) is 4.90 Å². The van der Waals surface area contributed by atoms with E-state index in [1.54, 1.807) is 0 Å². The fraction of sp³-hybridized carbons (Fsp3) is 0.538. The van der Waals surface area contributed by atoms with Crippen LogP contribution in [0.4, 0.5) is 5.69 Å². The average Bonchev–Trinajstić information content (AvgIpc) is 2.63. The first-order chi connectivity index (χ1) is 7.25. The molecule has 0 spiro atoms. The molecule has 0 aliphatic carbocycles. The van der Waals surface area contributed by atoms with Crippen LogP contribution in [0.1, 0.15) is 18.4 Å². The number of nitrogens with zero attached hydrogens (tertiary/aromatic N) is 1. The summed E-state index contributed by atoms with van der Waals surface area (Å²) in [5.74, 6) is 0.870. The van der Waals surface area contributed by atoms with Gasteiger partial charge in [-0.15, -0.1) is 0 Å². The minimum atomic E-state index is 0.870. The zero-order valence-electron chi connectivity index (χ0n) is 9.45. The highest BCUT2D eigenvalue weighted by Gasteiger charge is 2.18. The second-order valence-corrected chi connectivity index (χ2v) is 4.65. The Hall–Kier alpha value is -1.02. The maximum atomic E-state index is 5.92. The topological polar surface area (TPSA) is 29.3 Å². The molecule has 0 amide bonds. The number of nitrogens with two attached hydrogens (primary N) is 1. The predicted octanol–water partition coefficient (Wildman–Crippen LogP) is 2.15.